The van der Waals surface area contributed by atoms with Crippen LogP contribution in [0.3, 0.4) is 0 Å². The number of hydrogen-bond acceptors (Lipinski definition) is 6. The van der Waals surface area contributed by atoms with E-state index in [0.29, 0.717) is 0 Å². The van der Waals surface area contributed by atoms with Gasteiger partial charge in [0, 0.05) is 0 Å². The zero-order chi connectivity index (χ0) is 19.1. The number of alkyl halides is 5. The molecule has 1 aliphatic heterocycles. The molecule has 12 heteroatoms. The number of nitrogens with one attached hydrogen (secondary N) is 1. The summed E-state index contributed by atoms with van der Waals surface area (Å²) in [5.74, 6) is -8.55. The lowest BCUT2D eigenvalue weighted by Crippen LogP contribution is -2.50. The number of carbonyl (C=O) groups excluding carboxylic acids is 2. The van der Waals surface area contributed by atoms with Gasteiger partial charge in [0.1, 0.15) is 6.04 Å². The van der Waals surface area contributed by atoms with Gasteiger partial charge < -0.3 is 14.6 Å². The normalized spacial score (nSPS) is 20.6. The van der Waals surface area contributed by atoms with Gasteiger partial charge in [0.15, 0.2) is 0 Å². The van der Waals surface area contributed by atoms with E-state index in [4.69, 9.17) is 9.90 Å². The number of carboxylic acid groups (broad SMARTS) is 1. The zero-order valence-corrected chi connectivity index (χ0v) is 12.7. The highest BCUT2D eigenvalue weighted by atomic mass is 19.4. The van der Waals surface area contributed by atoms with Gasteiger partial charge in [-0.25, -0.2) is 9.59 Å². The topological polar surface area (TPSA) is 102 Å². The van der Waals surface area contributed by atoms with Crippen LogP contribution < -0.4 is 5.32 Å². The van der Waals surface area contributed by atoms with Gasteiger partial charge in [-0.3, -0.25) is 10.1 Å². The van der Waals surface area contributed by atoms with Crippen LogP contribution in [-0.2, 0) is 23.9 Å². The zero-order valence-electron chi connectivity index (χ0n) is 12.7. The molecule has 24 heavy (non-hydrogen) atoms. The number of hydrogen-bond donors (Lipinski definition) is 2. The minimum atomic E-state index is -5.08. The molecule has 7 nitrogen and oxygen atoms in total. The van der Waals surface area contributed by atoms with Crippen LogP contribution in [0, 0.1) is 0 Å². The van der Waals surface area contributed by atoms with Crippen LogP contribution in [0.25, 0.3) is 0 Å². The van der Waals surface area contributed by atoms with E-state index in [1.165, 1.54) is 14.0 Å². The second-order valence-corrected chi connectivity index (χ2v) is 4.52. The van der Waals surface area contributed by atoms with Crippen LogP contribution in [0.4, 0.5) is 22.0 Å². The van der Waals surface area contributed by atoms with Gasteiger partial charge in [-0.15, -0.1) is 0 Å². The minimum absolute atomic E-state index is 0.0194. The SMILES string of the molecule is CCOC(=O)C(F)(F)C1CC[C@@H](C(=O)OC)N1.O=C(O)C(F)(F)F. The van der Waals surface area contributed by atoms with Gasteiger partial charge in [-0.05, 0) is 19.8 Å². The van der Waals surface area contributed by atoms with E-state index in [-0.39, 0.29) is 19.4 Å². The number of ether oxygens (including phenoxy) is 2. The maximum Gasteiger partial charge on any atom is 0.490 e. The smallest absolute Gasteiger partial charge is 0.475 e. The summed E-state index contributed by atoms with van der Waals surface area (Å²) in [6.45, 7) is 1.34. The van der Waals surface area contributed by atoms with E-state index in [1.807, 2.05) is 0 Å². The lowest BCUT2D eigenvalue weighted by Gasteiger charge is -2.21. The molecule has 0 spiro atoms. The van der Waals surface area contributed by atoms with Crippen LogP contribution in [0.15, 0.2) is 0 Å². The second kappa shape index (κ2) is 8.76. The predicted molar refractivity (Wildman–Crippen MR) is 67.2 cm³/mol. The van der Waals surface area contributed by atoms with Crippen molar-refractivity contribution in [1.29, 1.82) is 0 Å². The predicted octanol–water partition coefficient (Wildman–Crippen LogP) is 1.11. The number of carboxylic acids is 1. The summed E-state index contributed by atoms with van der Waals surface area (Å²) in [6.07, 6.45) is -4.85. The summed E-state index contributed by atoms with van der Waals surface area (Å²) in [5, 5.41) is 9.52. The van der Waals surface area contributed by atoms with Gasteiger partial charge in [0.05, 0.1) is 19.8 Å². The van der Waals surface area contributed by atoms with E-state index in [9.17, 15) is 31.5 Å². The maximum atomic E-state index is 13.6. The van der Waals surface area contributed by atoms with Crippen molar-refractivity contribution in [3.05, 3.63) is 0 Å². The molecule has 1 rings (SSSR count). The van der Waals surface area contributed by atoms with Gasteiger partial charge >= 0.3 is 30.0 Å². The fraction of sp³-hybridized carbons (Fsp3) is 0.750. The third kappa shape index (κ3) is 6.26. The monoisotopic (exact) mass is 365 g/mol. The molecule has 1 fully saturated rings. The van der Waals surface area contributed by atoms with Gasteiger partial charge in [-0.2, -0.15) is 22.0 Å². The molecule has 0 aromatic carbocycles. The molecule has 0 aromatic rings. The number of aliphatic carboxylic acids is 1. The van der Waals surface area contributed by atoms with Crippen LogP contribution in [0.5, 0.6) is 0 Å². The minimum Gasteiger partial charge on any atom is -0.475 e. The van der Waals surface area contributed by atoms with Crippen LogP contribution in [0.1, 0.15) is 19.8 Å². The lowest BCUT2D eigenvalue weighted by molar-refractivity contribution is -0.192. The first-order chi connectivity index (χ1) is 10.9. The van der Waals surface area contributed by atoms with Crippen LogP contribution >= 0.6 is 0 Å². The standard InChI is InChI=1S/C10H15F2NO4.C2HF3O2/c1-3-17-9(15)10(11,12)7-5-4-6(13-7)8(14)16-2;3-2(4,5)1(6)7/h6-7,13H,3-5H2,1-2H3;(H,6,7)/t6-,7?;/m0./s1. The Balaban J connectivity index is 0.000000640. The first kappa shape index (κ1) is 22.0. The first-order valence-electron chi connectivity index (χ1n) is 6.56. The Bertz CT molecular complexity index is 467. The Morgan fingerprint density at radius 1 is 1.17 bits per heavy atom. The number of esters is 2. The van der Waals surface area contributed by atoms with Gasteiger partial charge in [0.2, 0.25) is 0 Å². The maximum absolute atomic E-state index is 13.6. The summed E-state index contributed by atoms with van der Waals surface area (Å²) in [7, 11) is 1.18. The van der Waals surface area contributed by atoms with Crippen molar-refractivity contribution < 1.29 is 50.9 Å². The highest BCUT2D eigenvalue weighted by molar-refractivity contribution is 5.80. The largest absolute Gasteiger partial charge is 0.490 e. The fourth-order valence-corrected chi connectivity index (χ4v) is 1.73. The van der Waals surface area contributed by atoms with Crippen molar-refractivity contribution in [2.24, 2.45) is 0 Å². The average Bonchev–Trinajstić information content (AvgIpc) is 2.96. The molecule has 2 atom stereocenters. The first-order valence-corrected chi connectivity index (χ1v) is 6.56. The summed E-state index contributed by atoms with van der Waals surface area (Å²) >= 11 is 0. The number of methoxy groups -OCH3 is 1. The summed E-state index contributed by atoms with van der Waals surface area (Å²) in [4.78, 5) is 31.1. The fourth-order valence-electron chi connectivity index (χ4n) is 1.73. The highest BCUT2D eigenvalue weighted by Crippen LogP contribution is 2.29. The van der Waals surface area contributed by atoms with E-state index >= 15 is 0 Å². The Morgan fingerprint density at radius 2 is 1.67 bits per heavy atom. The third-order valence-electron chi connectivity index (χ3n) is 2.86. The van der Waals surface area contributed by atoms with Crippen LogP contribution in [0.2, 0.25) is 0 Å². The van der Waals surface area contributed by atoms with Crippen molar-refractivity contribution in [2.45, 2.75) is 43.9 Å². The lowest BCUT2D eigenvalue weighted by atomic mass is 10.1. The van der Waals surface area contributed by atoms with Crippen molar-refractivity contribution in [3.8, 4) is 0 Å². The highest BCUT2D eigenvalue weighted by Gasteiger charge is 2.52. The second-order valence-electron chi connectivity index (χ2n) is 4.52. The van der Waals surface area contributed by atoms with E-state index in [2.05, 4.69) is 14.8 Å². The molecule has 0 aromatic heterocycles. The number of halogens is 5. The van der Waals surface area contributed by atoms with E-state index in [1.54, 1.807) is 0 Å². The molecule has 1 aliphatic rings. The van der Waals surface area contributed by atoms with E-state index < -0.39 is 42.1 Å². The summed E-state index contributed by atoms with van der Waals surface area (Å²) in [5.41, 5.74) is 0. The molecule has 1 unspecified atom stereocenters. The molecule has 1 saturated heterocycles. The molecule has 0 radical (unpaired) electrons. The van der Waals surface area contributed by atoms with Crippen molar-refractivity contribution in [3.63, 3.8) is 0 Å². The Kier molecular flexibility index (Phi) is 8.03. The number of rotatable bonds is 4. The van der Waals surface area contributed by atoms with Gasteiger partial charge in [0.25, 0.3) is 0 Å². The third-order valence-corrected chi connectivity index (χ3v) is 2.86. The average molecular weight is 365 g/mol. The molecule has 2 N–H and O–H groups in total. The molecule has 0 amide bonds. The Labute approximate surface area is 133 Å². The molecule has 0 bridgehead atoms. The van der Waals surface area contributed by atoms with E-state index in [0.717, 1.165) is 0 Å². The Morgan fingerprint density at radius 3 is 2.04 bits per heavy atom. The van der Waals surface area contributed by atoms with Crippen LogP contribution in [-0.4, -0.2) is 60.9 Å². The molecular weight excluding hydrogens is 349 g/mol. The molecule has 0 aliphatic carbocycles. The van der Waals surface area contributed by atoms with Crippen molar-refractivity contribution >= 4 is 17.9 Å². The quantitative estimate of drug-likeness (QED) is 0.568. The number of carbonyl (C=O) groups is 3. The summed E-state index contributed by atoms with van der Waals surface area (Å²) < 4.78 is 67.6. The molecule has 0 saturated carbocycles. The van der Waals surface area contributed by atoms with Crippen molar-refractivity contribution in [2.75, 3.05) is 13.7 Å². The van der Waals surface area contributed by atoms with Gasteiger partial charge in [-0.1, -0.05) is 0 Å². The molecule has 1 heterocycles. The summed E-state index contributed by atoms with van der Waals surface area (Å²) in [6, 6.07) is -2.17. The molecular formula is C12H16F5NO6. The Hall–Kier alpha value is -1.98. The van der Waals surface area contributed by atoms with Crippen molar-refractivity contribution in [1.82, 2.24) is 5.32 Å². The molecule has 140 valence electrons.